The van der Waals surface area contributed by atoms with Gasteiger partial charge in [-0.1, -0.05) is 42.5 Å². The molecule has 0 aromatic heterocycles. The van der Waals surface area contributed by atoms with Gasteiger partial charge < -0.3 is 24.5 Å². The van der Waals surface area contributed by atoms with Crippen molar-refractivity contribution in [1.82, 2.24) is 5.32 Å². The number of carboxylic acid groups (broad SMARTS) is 1. The number of hydrogen-bond acceptors (Lipinski definition) is 5. The van der Waals surface area contributed by atoms with Crippen LogP contribution in [0.5, 0.6) is 0 Å². The highest BCUT2D eigenvalue weighted by Crippen LogP contribution is 2.38. The topological polar surface area (TPSA) is 94.1 Å². The van der Waals surface area contributed by atoms with Crippen molar-refractivity contribution in [3.63, 3.8) is 0 Å². The van der Waals surface area contributed by atoms with Crippen LogP contribution in [0.1, 0.15) is 49.2 Å². The highest BCUT2D eigenvalue weighted by atomic mass is 19.1. The van der Waals surface area contributed by atoms with Crippen molar-refractivity contribution in [2.75, 3.05) is 6.54 Å². The second kappa shape index (κ2) is 9.76. The number of ether oxygens (including phenoxy) is 1. The average molecular weight is 455 g/mol. The number of carbonyl (C=O) groups is 2. The Kier molecular flexibility index (Phi) is 7.24. The van der Waals surface area contributed by atoms with Crippen LogP contribution in [0.2, 0.25) is 0 Å². The summed E-state index contributed by atoms with van der Waals surface area (Å²) in [6, 6.07) is 12.8. The van der Waals surface area contributed by atoms with E-state index in [0.29, 0.717) is 5.47 Å². The van der Waals surface area contributed by atoms with Crippen molar-refractivity contribution < 1.29 is 33.1 Å². The highest BCUT2D eigenvalue weighted by molar-refractivity contribution is 6.56. The third-order valence-electron chi connectivity index (χ3n) is 5.79. The molecule has 1 amide bonds. The molecule has 2 N–H and O–H groups in total. The summed E-state index contributed by atoms with van der Waals surface area (Å²) in [5, 5.41) is 11.7. The van der Waals surface area contributed by atoms with Gasteiger partial charge in [-0.25, -0.2) is 14.0 Å². The summed E-state index contributed by atoms with van der Waals surface area (Å²) in [5.41, 5.74) is -0.0112. The third kappa shape index (κ3) is 6.00. The molecule has 1 aliphatic rings. The Morgan fingerprint density at radius 3 is 2.30 bits per heavy atom. The molecule has 7 nitrogen and oxygen atoms in total. The number of carbonyl (C=O) groups excluding carboxylic acids is 1. The zero-order chi connectivity index (χ0) is 24.2. The lowest BCUT2D eigenvalue weighted by Gasteiger charge is -2.32. The van der Waals surface area contributed by atoms with E-state index >= 15 is 0 Å². The fraction of sp³-hybridized carbons (Fsp3) is 0.333. The summed E-state index contributed by atoms with van der Waals surface area (Å²) >= 11 is 0. The standard InChI is InChI=1S/C24H27BFNO6/c1-23(2)24(3,4)33-25(32-23)19(12-17-10-11-18(21(28)29)13-20(17)26)14-27-22(30)31-15-16-8-6-5-7-9-16/h5-13H,14-15H2,1-4H3,(H,27,30)(H,28,29). The Hall–Kier alpha value is -3.17. The molecule has 0 saturated carbocycles. The van der Waals surface area contributed by atoms with E-state index < -0.39 is 36.2 Å². The van der Waals surface area contributed by atoms with Gasteiger partial charge in [0.2, 0.25) is 0 Å². The van der Waals surface area contributed by atoms with E-state index in [1.165, 1.54) is 18.2 Å². The van der Waals surface area contributed by atoms with Crippen LogP contribution in [0, 0.1) is 5.82 Å². The van der Waals surface area contributed by atoms with E-state index in [1.54, 1.807) is 0 Å². The fourth-order valence-corrected chi connectivity index (χ4v) is 3.12. The quantitative estimate of drug-likeness (QED) is 0.599. The third-order valence-corrected chi connectivity index (χ3v) is 5.79. The Morgan fingerprint density at radius 2 is 1.73 bits per heavy atom. The van der Waals surface area contributed by atoms with Gasteiger partial charge in [0.25, 0.3) is 0 Å². The Bertz CT molecular complexity index is 1040. The molecule has 1 heterocycles. The molecule has 9 heteroatoms. The van der Waals surface area contributed by atoms with Crippen molar-refractivity contribution >= 4 is 25.3 Å². The molecular formula is C24H27BFNO6. The molecule has 1 fully saturated rings. The van der Waals surface area contributed by atoms with Gasteiger partial charge in [-0.05, 0) is 50.9 Å². The predicted octanol–water partition coefficient (Wildman–Crippen LogP) is 4.47. The molecular weight excluding hydrogens is 428 g/mol. The van der Waals surface area contributed by atoms with Crippen LogP contribution in [-0.2, 0) is 20.7 Å². The maximum Gasteiger partial charge on any atom is 0.492 e. The summed E-state index contributed by atoms with van der Waals surface area (Å²) < 4.78 is 31.9. The molecule has 33 heavy (non-hydrogen) atoms. The van der Waals surface area contributed by atoms with Crippen LogP contribution in [0.25, 0.3) is 6.08 Å². The number of amides is 1. The molecule has 1 aliphatic heterocycles. The van der Waals surface area contributed by atoms with Crippen LogP contribution >= 0.6 is 0 Å². The van der Waals surface area contributed by atoms with Gasteiger partial charge in [0.05, 0.1) is 16.8 Å². The minimum atomic E-state index is -1.22. The number of hydrogen-bond donors (Lipinski definition) is 2. The highest BCUT2D eigenvalue weighted by Gasteiger charge is 2.52. The number of alkyl carbamates (subject to hydrolysis) is 1. The normalized spacial score (nSPS) is 17.0. The molecule has 0 unspecified atom stereocenters. The molecule has 1 saturated heterocycles. The molecule has 0 aliphatic carbocycles. The molecule has 2 aromatic rings. The van der Waals surface area contributed by atoms with E-state index in [1.807, 2.05) is 58.0 Å². The Balaban J connectivity index is 1.78. The lowest BCUT2D eigenvalue weighted by molar-refractivity contribution is 0.00578. The number of halogens is 1. The smallest absolute Gasteiger partial charge is 0.478 e. The molecule has 0 bridgehead atoms. The van der Waals surface area contributed by atoms with Gasteiger partial charge in [-0.2, -0.15) is 0 Å². The summed E-state index contributed by atoms with van der Waals surface area (Å²) in [7, 11) is -0.844. The Labute approximate surface area is 192 Å². The average Bonchev–Trinajstić information content (AvgIpc) is 2.98. The monoisotopic (exact) mass is 455 g/mol. The van der Waals surface area contributed by atoms with Gasteiger partial charge in [-0.15, -0.1) is 0 Å². The van der Waals surface area contributed by atoms with Crippen LogP contribution in [0.3, 0.4) is 0 Å². The van der Waals surface area contributed by atoms with Crippen molar-refractivity contribution in [1.29, 1.82) is 0 Å². The van der Waals surface area contributed by atoms with Crippen LogP contribution in [-0.4, -0.2) is 42.0 Å². The zero-order valence-corrected chi connectivity index (χ0v) is 19.1. The van der Waals surface area contributed by atoms with Gasteiger partial charge in [0.15, 0.2) is 0 Å². The second-order valence-corrected chi connectivity index (χ2v) is 8.76. The van der Waals surface area contributed by atoms with Crippen molar-refractivity contribution in [3.05, 3.63) is 76.5 Å². The summed E-state index contributed by atoms with van der Waals surface area (Å²) in [6.45, 7) is 7.61. The first-order chi connectivity index (χ1) is 15.5. The number of benzene rings is 2. The van der Waals surface area contributed by atoms with Crippen LogP contribution in [0.15, 0.2) is 54.0 Å². The zero-order valence-electron chi connectivity index (χ0n) is 19.1. The number of rotatable bonds is 7. The van der Waals surface area contributed by atoms with E-state index in [2.05, 4.69) is 5.32 Å². The van der Waals surface area contributed by atoms with Gasteiger partial charge >= 0.3 is 19.2 Å². The Morgan fingerprint density at radius 1 is 1.09 bits per heavy atom. The van der Waals surface area contributed by atoms with Crippen LogP contribution < -0.4 is 5.32 Å². The lowest BCUT2D eigenvalue weighted by Crippen LogP contribution is -2.41. The van der Waals surface area contributed by atoms with Crippen molar-refractivity contribution in [3.8, 4) is 0 Å². The van der Waals surface area contributed by atoms with Crippen molar-refractivity contribution in [2.45, 2.75) is 45.5 Å². The van der Waals surface area contributed by atoms with Gasteiger partial charge in [0, 0.05) is 12.1 Å². The first-order valence-corrected chi connectivity index (χ1v) is 10.5. The minimum Gasteiger partial charge on any atom is -0.478 e. The maximum absolute atomic E-state index is 14.6. The summed E-state index contributed by atoms with van der Waals surface area (Å²) in [6.07, 6.45) is 0.837. The second-order valence-electron chi connectivity index (χ2n) is 8.76. The summed E-state index contributed by atoms with van der Waals surface area (Å²) in [5.74, 6) is -1.94. The number of carboxylic acids is 1. The van der Waals surface area contributed by atoms with E-state index in [0.717, 1.165) is 11.6 Å². The molecule has 174 valence electrons. The van der Waals surface area contributed by atoms with Gasteiger partial charge in [0.1, 0.15) is 12.4 Å². The minimum absolute atomic E-state index is 0.0232. The van der Waals surface area contributed by atoms with Crippen LogP contribution in [0.4, 0.5) is 9.18 Å². The maximum atomic E-state index is 14.6. The van der Waals surface area contributed by atoms with Crippen molar-refractivity contribution in [2.24, 2.45) is 0 Å². The predicted molar refractivity (Wildman–Crippen MR) is 122 cm³/mol. The summed E-state index contributed by atoms with van der Waals surface area (Å²) in [4.78, 5) is 23.3. The van der Waals surface area contributed by atoms with E-state index in [4.69, 9.17) is 19.2 Å². The SMILES string of the molecule is CC1(C)OB(C(=Cc2ccc(C(=O)O)cc2F)CNC(=O)OCc2ccccc2)OC1(C)C. The molecule has 3 rings (SSSR count). The molecule has 2 aromatic carbocycles. The molecule has 0 spiro atoms. The largest absolute Gasteiger partial charge is 0.492 e. The number of nitrogens with one attached hydrogen (secondary N) is 1. The first kappa shape index (κ1) is 24.5. The van der Waals surface area contributed by atoms with Gasteiger partial charge in [-0.3, -0.25) is 0 Å². The lowest BCUT2D eigenvalue weighted by atomic mass is 9.77. The first-order valence-electron chi connectivity index (χ1n) is 10.5. The van der Waals surface area contributed by atoms with E-state index in [-0.39, 0.29) is 24.3 Å². The number of aromatic carboxylic acids is 1. The fourth-order valence-electron chi connectivity index (χ4n) is 3.12. The molecule has 0 atom stereocenters. The molecule has 0 radical (unpaired) electrons. The van der Waals surface area contributed by atoms with E-state index in [9.17, 15) is 14.0 Å².